The highest BCUT2D eigenvalue weighted by atomic mass is 19.4. The van der Waals surface area contributed by atoms with Gasteiger partial charge in [-0.05, 0) is 25.7 Å². The summed E-state index contributed by atoms with van der Waals surface area (Å²) in [6, 6.07) is 0. The third-order valence-corrected chi connectivity index (χ3v) is 4.29. The Morgan fingerprint density at radius 3 is 2.75 bits per heavy atom. The van der Waals surface area contributed by atoms with Crippen LogP contribution in [-0.4, -0.2) is 34.7 Å². The van der Waals surface area contributed by atoms with Gasteiger partial charge in [0.05, 0.1) is 12.3 Å². The summed E-state index contributed by atoms with van der Waals surface area (Å²) in [7, 11) is 0. The maximum atomic E-state index is 12.9. The second-order valence-corrected chi connectivity index (χ2v) is 5.75. The molecule has 4 nitrogen and oxygen atoms in total. The van der Waals surface area contributed by atoms with Crippen molar-refractivity contribution in [2.45, 2.75) is 69.6 Å². The second-order valence-electron chi connectivity index (χ2n) is 5.75. The van der Waals surface area contributed by atoms with E-state index in [2.05, 4.69) is 0 Å². The molecule has 116 valence electrons. The van der Waals surface area contributed by atoms with Crippen LogP contribution in [0.3, 0.4) is 0 Å². The van der Waals surface area contributed by atoms with E-state index in [9.17, 15) is 23.1 Å². The summed E-state index contributed by atoms with van der Waals surface area (Å²) < 4.78 is 48.8. The molecular weight excluding hydrogens is 277 g/mol. The molecule has 20 heavy (non-hydrogen) atoms. The van der Waals surface area contributed by atoms with Crippen molar-refractivity contribution in [1.29, 1.82) is 0 Å². The highest BCUT2D eigenvalue weighted by Gasteiger charge is 2.69. The molecule has 0 aromatic rings. The normalized spacial score (nSPS) is 38.6. The molecule has 1 aliphatic carbocycles. The van der Waals surface area contributed by atoms with Crippen molar-refractivity contribution in [1.82, 2.24) is 0 Å². The highest BCUT2D eigenvalue weighted by molar-refractivity contribution is 5.72. The van der Waals surface area contributed by atoms with Gasteiger partial charge in [0, 0.05) is 0 Å². The van der Waals surface area contributed by atoms with Crippen LogP contribution in [0.2, 0.25) is 0 Å². The number of esters is 1. The molecule has 1 N–H and O–H groups in total. The zero-order valence-electron chi connectivity index (χ0n) is 11.5. The lowest BCUT2D eigenvalue weighted by atomic mass is 9.93. The van der Waals surface area contributed by atoms with Crippen molar-refractivity contribution in [2.75, 3.05) is 0 Å². The van der Waals surface area contributed by atoms with E-state index in [0.29, 0.717) is 19.3 Å². The second kappa shape index (κ2) is 4.87. The summed E-state index contributed by atoms with van der Waals surface area (Å²) >= 11 is 0. The summed E-state index contributed by atoms with van der Waals surface area (Å²) in [5.74, 6) is -4.13. The molecule has 0 aromatic carbocycles. The summed E-state index contributed by atoms with van der Waals surface area (Å²) in [5.41, 5.74) is -1.34. The van der Waals surface area contributed by atoms with E-state index in [-0.39, 0.29) is 12.3 Å². The number of aliphatic hydroxyl groups is 1. The van der Waals surface area contributed by atoms with Crippen LogP contribution in [0.25, 0.3) is 0 Å². The predicted molar refractivity (Wildman–Crippen MR) is 62.6 cm³/mol. The van der Waals surface area contributed by atoms with E-state index in [4.69, 9.17) is 9.47 Å². The first kappa shape index (κ1) is 15.6. The van der Waals surface area contributed by atoms with E-state index in [1.54, 1.807) is 13.8 Å². The SMILES string of the molecule is CCC(C)C(=O)OC12CCCC1OC(O)(C(F)(F)F)C2. The van der Waals surface area contributed by atoms with Crippen molar-refractivity contribution < 1.29 is 32.5 Å². The average Bonchev–Trinajstić information content (AvgIpc) is 2.80. The van der Waals surface area contributed by atoms with Crippen LogP contribution in [0.5, 0.6) is 0 Å². The topological polar surface area (TPSA) is 55.8 Å². The Kier molecular flexibility index (Phi) is 3.79. The van der Waals surface area contributed by atoms with Crippen molar-refractivity contribution >= 4 is 5.97 Å². The van der Waals surface area contributed by atoms with Gasteiger partial charge >= 0.3 is 12.1 Å². The van der Waals surface area contributed by atoms with Gasteiger partial charge in [-0.2, -0.15) is 13.2 Å². The number of ether oxygens (including phenoxy) is 2. The summed E-state index contributed by atoms with van der Waals surface area (Å²) in [6.45, 7) is 3.46. The molecule has 1 saturated heterocycles. The van der Waals surface area contributed by atoms with E-state index in [1.807, 2.05) is 0 Å². The van der Waals surface area contributed by atoms with Gasteiger partial charge in [0.15, 0.2) is 0 Å². The number of halogens is 3. The van der Waals surface area contributed by atoms with Crippen LogP contribution in [0.1, 0.15) is 46.0 Å². The fraction of sp³-hybridized carbons (Fsp3) is 0.923. The number of alkyl halides is 3. The van der Waals surface area contributed by atoms with Crippen LogP contribution >= 0.6 is 0 Å². The standard InChI is InChI=1S/C13H19F3O4/c1-3-8(2)10(17)20-11-6-4-5-9(11)19-12(18,7-11)13(14,15)16/h8-9,18H,3-7H2,1-2H3. The number of carbonyl (C=O) groups is 1. The van der Waals surface area contributed by atoms with Gasteiger partial charge in [0.2, 0.25) is 0 Å². The first-order chi connectivity index (χ1) is 9.13. The number of hydrogen-bond donors (Lipinski definition) is 1. The third kappa shape index (κ3) is 2.41. The summed E-state index contributed by atoms with van der Waals surface area (Å²) in [6.07, 6.45) is -4.72. The Morgan fingerprint density at radius 1 is 1.55 bits per heavy atom. The number of hydrogen-bond acceptors (Lipinski definition) is 4. The van der Waals surface area contributed by atoms with Crippen LogP contribution < -0.4 is 0 Å². The maximum absolute atomic E-state index is 12.9. The molecule has 1 saturated carbocycles. The van der Waals surface area contributed by atoms with Crippen LogP contribution in [-0.2, 0) is 14.3 Å². The molecule has 2 rings (SSSR count). The molecule has 2 aliphatic rings. The molecule has 0 amide bonds. The van der Waals surface area contributed by atoms with Crippen LogP contribution in [0, 0.1) is 5.92 Å². The van der Waals surface area contributed by atoms with Gasteiger partial charge in [-0.25, -0.2) is 0 Å². The van der Waals surface area contributed by atoms with Gasteiger partial charge in [0.25, 0.3) is 5.79 Å². The van der Waals surface area contributed by atoms with Gasteiger partial charge < -0.3 is 14.6 Å². The van der Waals surface area contributed by atoms with Crippen molar-refractivity contribution in [3.05, 3.63) is 0 Å². The first-order valence-electron chi connectivity index (χ1n) is 6.83. The largest absolute Gasteiger partial charge is 0.456 e. The molecule has 0 spiro atoms. The van der Waals surface area contributed by atoms with E-state index in [1.165, 1.54) is 0 Å². The van der Waals surface area contributed by atoms with Crippen LogP contribution in [0.4, 0.5) is 13.2 Å². The molecule has 7 heteroatoms. The Bertz CT molecular complexity index is 398. The smallest absolute Gasteiger partial charge is 0.443 e. The first-order valence-corrected chi connectivity index (χ1v) is 6.83. The predicted octanol–water partition coefficient (Wildman–Crippen LogP) is 2.54. The zero-order chi connectivity index (χ0) is 15.2. The number of rotatable bonds is 3. The Morgan fingerprint density at radius 2 is 2.20 bits per heavy atom. The van der Waals surface area contributed by atoms with Crippen molar-refractivity contribution in [3.8, 4) is 0 Å². The van der Waals surface area contributed by atoms with Gasteiger partial charge in [-0.1, -0.05) is 13.8 Å². The number of carbonyl (C=O) groups excluding carboxylic acids is 1. The lowest BCUT2D eigenvalue weighted by Crippen LogP contribution is -2.46. The van der Waals surface area contributed by atoms with Crippen LogP contribution in [0.15, 0.2) is 0 Å². The van der Waals surface area contributed by atoms with E-state index >= 15 is 0 Å². The van der Waals surface area contributed by atoms with Gasteiger partial charge in [-0.3, -0.25) is 4.79 Å². The average molecular weight is 296 g/mol. The molecule has 1 heterocycles. The molecular formula is C13H19F3O4. The third-order valence-electron chi connectivity index (χ3n) is 4.29. The Hall–Kier alpha value is -0.820. The fourth-order valence-electron chi connectivity index (χ4n) is 2.85. The quantitative estimate of drug-likeness (QED) is 0.813. The minimum absolute atomic E-state index is 0.290. The van der Waals surface area contributed by atoms with Crippen molar-refractivity contribution in [3.63, 3.8) is 0 Å². The molecule has 0 radical (unpaired) electrons. The molecule has 1 aliphatic heterocycles. The molecule has 0 bridgehead atoms. The molecule has 4 atom stereocenters. The molecule has 2 fully saturated rings. The summed E-state index contributed by atoms with van der Waals surface area (Å²) in [4.78, 5) is 11.9. The lowest BCUT2D eigenvalue weighted by molar-refractivity contribution is -0.357. The molecule has 4 unspecified atom stereocenters. The Labute approximate surface area is 115 Å². The molecule has 0 aromatic heterocycles. The fourth-order valence-corrected chi connectivity index (χ4v) is 2.85. The highest BCUT2D eigenvalue weighted by Crippen LogP contribution is 2.53. The van der Waals surface area contributed by atoms with E-state index < -0.39 is 36.1 Å². The summed E-state index contributed by atoms with van der Waals surface area (Å²) in [5, 5.41) is 9.67. The zero-order valence-corrected chi connectivity index (χ0v) is 11.5. The monoisotopic (exact) mass is 296 g/mol. The van der Waals surface area contributed by atoms with Crippen molar-refractivity contribution in [2.24, 2.45) is 5.92 Å². The maximum Gasteiger partial charge on any atom is 0.443 e. The number of fused-ring (bicyclic) bond motifs is 1. The minimum atomic E-state index is -4.90. The van der Waals surface area contributed by atoms with E-state index in [0.717, 1.165) is 0 Å². The Balaban J connectivity index is 2.19. The van der Waals surface area contributed by atoms with Gasteiger partial charge in [-0.15, -0.1) is 0 Å². The minimum Gasteiger partial charge on any atom is -0.456 e. The lowest BCUT2D eigenvalue weighted by Gasteiger charge is -2.29. The van der Waals surface area contributed by atoms with Gasteiger partial charge in [0.1, 0.15) is 11.7 Å².